The van der Waals surface area contributed by atoms with Crippen LogP contribution in [0.25, 0.3) is 0 Å². The molecular formula is C74H146CaO8S2. The molecule has 0 amide bonds. The first-order valence-corrected chi connectivity index (χ1v) is 40.2. The third kappa shape index (κ3) is 84.5. The molecule has 0 radical (unpaired) electrons. The Morgan fingerprint density at radius 3 is 0.576 bits per heavy atom. The van der Waals surface area contributed by atoms with E-state index in [4.69, 9.17) is 0 Å². The van der Waals surface area contributed by atoms with E-state index in [1.165, 1.54) is 360 Å². The maximum Gasteiger partial charge on any atom is 2.00 e. The molecule has 0 aromatic carbocycles. The van der Waals surface area contributed by atoms with E-state index in [2.05, 4.69) is 60.4 Å². The smallest absolute Gasteiger partial charge is 0.726 e. The van der Waals surface area contributed by atoms with Gasteiger partial charge in [-0.05, 0) is 38.5 Å². The van der Waals surface area contributed by atoms with E-state index in [1.54, 1.807) is 0 Å². The largest absolute Gasteiger partial charge is 2.00 e. The van der Waals surface area contributed by atoms with Crippen LogP contribution in [0.3, 0.4) is 0 Å². The van der Waals surface area contributed by atoms with E-state index >= 15 is 0 Å². The third-order valence-electron chi connectivity index (χ3n) is 17.5. The molecule has 0 fully saturated rings. The van der Waals surface area contributed by atoms with Crippen molar-refractivity contribution in [2.75, 3.05) is 13.2 Å². The summed E-state index contributed by atoms with van der Waals surface area (Å²) < 4.78 is 75.0. The molecule has 0 spiro atoms. The van der Waals surface area contributed by atoms with Crippen LogP contribution in [-0.2, 0) is 29.2 Å². The topological polar surface area (TPSA) is 133 Å². The van der Waals surface area contributed by atoms with E-state index in [0.717, 1.165) is 38.5 Å². The molecule has 0 rings (SSSR count). The van der Waals surface area contributed by atoms with Crippen molar-refractivity contribution in [3.05, 3.63) is 24.3 Å². The van der Waals surface area contributed by atoms with Crippen molar-refractivity contribution in [2.24, 2.45) is 11.8 Å². The Morgan fingerprint density at radius 1 is 0.259 bits per heavy atom. The van der Waals surface area contributed by atoms with Gasteiger partial charge in [0.15, 0.2) is 0 Å². The minimum absolute atomic E-state index is 0. The van der Waals surface area contributed by atoms with Crippen LogP contribution in [0, 0.1) is 11.8 Å². The zero-order chi connectivity index (χ0) is 61.7. The molecule has 0 N–H and O–H groups in total. The molecule has 0 aliphatic rings. The average molecular weight is 1270 g/mol. The SMILES string of the molecule is CCCCCCCCCCCCCCCC/C=C/C(CCCCCCCCCCCCCCCCC)COS(=O)(=O)[O-].CCCCCCCCCCCCCCCC/C=C/C(CCCCCCCCCCCCCCCCC)COS(=O)(=O)[O-].[Ca+2]. The van der Waals surface area contributed by atoms with Crippen LogP contribution in [-0.4, -0.2) is 76.9 Å². The molecule has 0 aromatic heterocycles. The van der Waals surface area contributed by atoms with E-state index in [-0.39, 0.29) is 62.8 Å². The zero-order valence-electron chi connectivity index (χ0n) is 57.5. The number of allylic oxidation sites excluding steroid dienone is 2. The van der Waals surface area contributed by atoms with Crippen LogP contribution in [0.5, 0.6) is 0 Å². The van der Waals surface area contributed by atoms with Crippen LogP contribution in [0.1, 0.15) is 426 Å². The minimum atomic E-state index is -4.62. The van der Waals surface area contributed by atoms with Gasteiger partial charge in [-0.15, -0.1) is 0 Å². The Bertz CT molecular complexity index is 1410. The van der Waals surface area contributed by atoms with Gasteiger partial charge in [0.2, 0.25) is 20.8 Å². The van der Waals surface area contributed by atoms with Crippen LogP contribution in [0.2, 0.25) is 0 Å². The molecule has 0 bridgehead atoms. The molecule has 504 valence electrons. The van der Waals surface area contributed by atoms with Gasteiger partial charge in [-0.3, -0.25) is 8.37 Å². The Labute approximate surface area is 563 Å². The van der Waals surface area contributed by atoms with Crippen molar-refractivity contribution >= 4 is 58.5 Å². The maximum atomic E-state index is 11.0. The molecule has 0 aromatic rings. The van der Waals surface area contributed by atoms with Crippen LogP contribution in [0.15, 0.2) is 24.3 Å². The Kier molecular flexibility index (Phi) is 79.3. The predicted molar refractivity (Wildman–Crippen MR) is 371 cm³/mol. The summed E-state index contributed by atoms with van der Waals surface area (Å²) in [6.07, 6.45) is 90.6. The van der Waals surface area contributed by atoms with Crippen molar-refractivity contribution in [2.45, 2.75) is 426 Å². The summed E-state index contributed by atoms with van der Waals surface area (Å²) in [6.45, 7) is 9.08. The number of hydrogen-bond acceptors (Lipinski definition) is 8. The van der Waals surface area contributed by atoms with Crippen molar-refractivity contribution < 1.29 is 34.3 Å². The Hall–Kier alpha value is 0.480. The molecular weight excluding hydrogens is 1120 g/mol. The zero-order valence-corrected chi connectivity index (χ0v) is 61.3. The second kappa shape index (κ2) is 75.2. The molecule has 0 aliphatic carbocycles. The molecule has 2 unspecified atom stereocenters. The summed E-state index contributed by atoms with van der Waals surface area (Å²) in [4.78, 5) is 0. The van der Waals surface area contributed by atoms with Crippen molar-refractivity contribution in [1.82, 2.24) is 0 Å². The average Bonchev–Trinajstić information content (AvgIpc) is 3.48. The third-order valence-corrected chi connectivity index (χ3v) is 18.3. The molecule has 2 atom stereocenters. The molecule has 8 nitrogen and oxygen atoms in total. The van der Waals surface area contributed by atoms with Gasteiger partial charge in [-0.1, -0.05) is 412 Å². The van der Waals surface area contributed by atoms with E-state index in [9.17, 15) is 25.9 Å². The van der Waals surface area contributed by atoms with Gasteiger partial charge in [-0.25, -0.2) is 16.8 Å². The van der Waals surface area contributed by atoms with Crippen molar-refractivity contribution in [1.29, 1.82) is 0 Å². The predicted octanol–water partition coefficient (Wildman–Crippen LogP) is 25.2. The van der Waals surface area contributed by atoms with Gasteiger partial charge in [0.25, 0.3) is 0 Å². The van der Waals surface area contributed by atoms with Gasteiger partial charge < -0.3 is 9.11 Å². The van der Waals surface area contributed by atoms with E-state index < -0.39 is 20.8 Å². The first-order chi connectivity index (χ1) is 41.0. The minimum Gasteiger partial charge on any atom is -0.726 e. The van der Waals surface area contributed by atoms with E-state index in [1.807, 2.05) is 0 Å². The van der Waals surface area contributed by atoms with Crippen LogP contribution < -0.4 is 0 Å². The number of unbranched alkanes of at least 4 members (excludes halogenated alkanes) is 56. The maximum absolute atomic E-state index is 11.0. The standard InChI is InChI=1S/2C37H74O4S.Ca/c2*1-3-5-7-9-11-13-15-17-19-21-23-25-27-29-31-33-35-37(36-41-42(38,39)40)34-32-30-28-26-24-22-20-18-16-14-12-10-8-6-4-2;/h2*33,35,37H,3-32,34,36H2,1-2H3,(H,38,39,40);/q;;+2/p-2/b2*35-33+;. The van der Waals surface area contributed by atoms with Gasteiger partial charge in [0.1, 0.15) is 0 Å². The van der Waals surface area contributed by atoms with Crippen molar-refractivity contribution in [3.8, 4) is 0 Å². The fraction of sp³-hybridized carbons (Fsp3) is 0.946. The summed E-state index contributed by atoms with van der Waals surface area (Å²) in [7, 11) is -9.25. The summed E-state index contributed by atoms with van der Waals surface area (Å²) in [6, 6.07) is 0. The molecule has 0 saturated carbocycles. The quantitative estimate of drug-likeness (QED) is 0.0193. The normalized spacial score (nSPS) is 12.8. The summed E-state index contributed by atoms with van der Waals surface area (Å²) in [5, 5.41) is 0. The first-order valence-electron chi connectivity index (χ1n) is 37.5. The van der Waals surface area contributed by atoms with Crippen LogP contribution >= 0.6 is 0 Å². The molecule has 0 heterocycles. The second-order valence-electron chi connectivity index (χ2n) is 26.0. The molecule has 0 aliphatic heterocycles. The fourth-order valence-electron chi connectivity index (χ4n) is 11.9. The number of rotatable bonds is 70. The second-order valence-corrected chi connectivity index (χ2v) is 28.1. The van der Waals surface area contributed by atoms with Gasteiger partial charge in [0.05, 0.1) is 13.2 Å². The molecule has 11 heteroatoms. The summed E-state index contributed by atoms with van der Waals surface area (Å²) >= 11 is 0. The summed E-state index contributed by atoms with van der Waals surface area (Å²) in [5.74, 6) is 0.0321. The van der Waals surface area contributed by atoms with E-state index in [0.29, 0.717) is 0 Å². The Morgan fingerprint density at radius 2 is 0.412 bits per heavy atom. The molecule has 0 saturated heterocycles. The fourth-order valence-corrected chi connectivity index (χ4v) is 12.5. The first kappa shape index (κ1) is 89.7. The monoisotopic (exact) mass is 1270 g/mol. The Balaban J connectivity index is -0.00000156. The van der Waals surface area contributed by atoms with Gasteiger partial charge in [-0.2, -0.15) is 0 Å². The number of hydrogen-bond donors (Lipinski definition) is 0. The summed E-state index contributed by atoms with van der Waals surface area (Å²) in [5.41, 5.74) is 0. The van der Waals surface area contributed by atoms with Gasteiger partial charge >= 0.3 is 37.7 Å². The van der Waals surface area contributed by atoms with Crippen LogP contribution in [0.4, 0.5) is 0 Å². The van der Waals surface area contributed by atoms with Crippen molar-refractivity contribution in [3.63, 3.8) is 0 Å². The molecule has 85 heavy (non-hydrogen) atoms. The van der Waals surface area contributed by atoms with Gasteiger partial charge in [0, 0.05) is 11.8 Å².